The van der Waals surface area contributed by atoms with Gasteiger partial charge in [-0.25, -0.2) is 4.39 Å². The Labute approximate surface area is 136 Å². The minimum Gasteiger partial charge on any atom is -0.489 e. The maximum Gasteiger partial charge on any atom is 0.123 e. The van der Waals surface area contributed by atoms with E-state index < -0.39 is 0 Å². The summed E-state index contributed by atoms with van der Waals surface area (Å²) >= 11 is 6.10. The molecule has 0 spiro atoms. The van der Waals surface area contributed by atoms with Crippen LogP contribution in [0.3, 0.4) is 0 Å². The van der Waals surface area contributed by atoms with E-state index in [1.165, 1.54) is 12.1 Å². The molecule has 0 N–H and O–H groups in total. The van der Waals surface area contributed by atoms with Crippen LogP contribution in [0.5, 0.6) is 5.75 Å². The molecule has 0 radical (unpaired) electrons. The van der Waals surface area contributed by atoms with Crippen molar-refractivity contribution in [3.8, 4) is 5.75 Å². The van der Waals surface area contributed by atoms with Gasteiger partial charge in [-0.05, 0) is 68.9 Å². The van der Waals surface area contributed by atoms with E-state index in [4.69, 9.17) is 16.3 Å². The lowest BCUT2D eigenvalue weighted by Gasteiger charge is -2.21. The Hall–Kier alpha value is -1.58. The number of halogens is 2. The van der Waals surface area contributed by atoms with Crippen LogP contribution in [0, 0.1) is 5.82 Å². The van der Waals surface area contributed by atoms with Gasteiger partial charge in [0.1, 0.15) is 18.2 Å². The van der Waals surface area contributed by atoms with E-state index in [2.05, 4.69) is 11.8 Å². The molecule has 0 aliphatic rings. The van der Waals surface area contributed by atoms with Gasteiger partial charge < -0.3 is 9.64 Å². The molecule has 0 saturated heterocycles. The van der Waals surface area contributed by atoms with Crippen LogP contribution in [0.15, 0.2) is 42.5 Å². The van der Waals surface area contributed by atoms with Gasteiger partial charge in [0, 0.05) is 11.1 Å². The number of hydrogen-bond acceptors (Lipinski definition) is 2. The summed E-state index contributed by atoms with van der Waals surface area (Å²) in [6.45, 7) is 2.57. The van der Waals surface area contributed by atoms with Gasteiger partial charge in [-0.3, -0.25) is 0 Å². The zero-order valence-corrected chi connectivity index (χ0v) is 13.9. The van der Waals surface area contributed by atoms with Gasteiger partial charge in [0.15, 0.2) is 0 Å². The average Bonchev–Trinajstić information content (AvgIpc) is 2.48. The summed E-state index contributed by atoms with van der Waals surface area (Å²) in [6, 6.07) is 12.4. The molecule has 2 rings (SSSR count). The first kappa shape index (κ1) is 16.8. The molecule has 0 fully saturated rings. The Bertz CT molecular complexity index is 613. The van der Waals surface area contributed by atoms with Crippen molar-refractivity contribution in [1.29, 1.82) is 0 Å². The second kappa shape index (κ2) is 7.61. The van der Waals surface area contributed by atoms with Crippen LogP contribution < -0.4 is 4.74 Å². The first-order chi connectivity index (χ1) is 10.5. The molecule has 0 aliphatic heterocycles. The molecule has 118 valence electrons. The van der Waals surface area contributed by atoms with Crippen LogP contribution in [-0.4, -0.2) is 25.0 Å². The second-order valence-corrected chi connectivity index (χ2v) is 6.12. The standard InChI is InChI=1S/C18H21ClFNO/c1-13(21(2)3)10-15-11-16(19)6-9-18(15)22-12-14-4-7-17(20)8-5-14/h4-9,11,13H,10,12H2,1-3H3. The van der Waals surface area contributed by atoms with Crippen molar-refractivity contribution in [3.05, 3.63) is 64.4 Å². The Morgan fingerprint density at radius 2 is 1.82 bits per heavy atom. The van der Waals surface area contributed by atoms with Crippen molar-refractivity contribution in [1.82, 2.24) is 4.90 Å². The van der Waals surface area contributed by atoms with Crippen LogP contribution in [0.4, 0.5) is 4.39 Å². The lowest BCUT2D eigenvalue weighted by Crippen LogP contribution is -2.26. The zero-order valence-electron chi connectivity index (χ0n) is 13.1. The average molecular weight is 322 g/mol. The molecule has 1 unspecified atom stereocenters. The summed E-state index contributed by atoms with van der Waals surface area (Å²) < 4.78 is 18.8. The van der Waals surface area contributed by atoms with Crippen LogP contribution in [0.2, 0.25) is 5.02 Å². The molecule has 0 aliphatic carbocycles. The molecule has 2 nitrogen and oxygen atoms in total. The zero-order chi connectivity index (χ0) is 16.1. The Morgan fingerprint density at radius 1 is 1.14 bits per heavy atom. The van der Waals surface area contributed by atoms with E-state index >= 15 is 0 Å². The third-order valence-electron chi connectivity index (χ3n) is 3.73. The first-order valence-electron chi connectivity index (χ1n) is 7.28. The Morgan fingerprint density at radius 3 is 2.45 bits per heavy atom. The van der Waals surface area contributed by atoms with E-state index in [-0.39, 0.29) is 5.82 Å². The minimum absolute atomic E-state index is 0.240. The summed E-state index contributed by atoms with van der Waals surface area (Å²) in [7, 11) is 4.10. The van der Waals surface area contributed by atoms with Crippen molar-refractivity contribution in [2.24, 2.45) is 0 Å². The number of hydrogen-bond donors (Lipinski definition) is 0. The molecule has 0 saturated carbocycles. The topological polar surface area (TPSA) is 12.5 Å². The molecular weight excluding hydrogens is 301 g/mol. The van der Waals surface area contributed by atoms with Crippen molar-refractivity contribution < 1.29 is 9.13 Å². The molecule has 2 aromatic carbocycles. The molecule has 0 heterocycles. The van der Waals surface area contributed by atoms with Crippen LogP contribution in [0.1, 0.15) is 18.1 Å². The van der Waals surface area contributed by atoms with Gasteiger partial charge in [0.2, 0.25) is 0 Å². The molecule has 0 aromatic heterocycles. The summed E-state index contributed by atoms with van der Waals surface area (Å²) in [4.78, 5) is 2.16. The van der Waals surface area contributed by atoms with Gasteiger partial charge in [0.25, 0.3) is 0 Å². The number of ether oxygens (including phenoxy) is 1. The summed E-state index contributed by atoms with van der Waals surface area (Å²) in [5.74, 6) is 0.582. The highest BCUT2D eigenvalue weighted by molar-refractivity contribution is 6.30. The van der Waals surface area contributed by atoms with Crippen molar-refractivity contribution in [2.75, 3.05) is 14.1 Å². The van der Waals surface area contributed by atoms with Crippen LogP contribution in [-0.2, 0) is 13.0 Å². The second-order valence-electron chi connectivity index (χ2n) is 5.68. The van der Waals surface area contributed by atoms with E-state index in [9.17, 15) is 4.39 Å². The monoisotopic (exact) mass is 321 g/mol. The Kier molecular flexibility index (Phi) is 5.81. The van der Waals surface area contributed by atoms with E-state index in [0.717, 1.165) is 23.3 Å². The quantitative estimate of drug-likeness (QED) is 0.774. The largest absolute Gasteiger partial charge is 0.489 e. The number of likely N-dealkylation sites (N-methyl/N-ethyl adjacent to an activating group) is 1. The highest BCUT2D eigenvalue weighted by Gasteiger charge is 2.11. The highest BCUT2D eigenvalue weighted by atomic mass is 35.5. The van der Waals surface area contributed by atoms with Gasteiger partial charge in [-0.1, -0.05) is 23.7 Å². The van der Waals surface area contributed by atoms with E-state index in [0.29, 0.717) is 17.7 Å². The maximum atomic E-state index is 12.9. The van der Waals surface area contributed by atoms with Gasteiger partial charge in [0.05, 0.1) is 0 Å². The lowest BCUT2D eigenvalue weighted by atomic mass is 10.1. The van der Waals surface area contributed by atoms with Crippen LogP contribution >= 0.6 is 11.6 Å². The summed E-state index contributed by atoms with van der Waals surface area (Å²) in [5.41, 5.74) is 2.01. The minimum atomic E-state index is -0.240. The number of nitrogens with zero attached hydrogens (tertiary/aromatic N) is 1. The molecule has 4 heteroatoms. The molecule has 22 heavy (non-hydrogen) atoms. The Balaban J connectivity index is 2.10. The predicted octanol–water partition coefficient (Wildman–Crippen LogP) is 4.55. The third kappa shape index (κ3) is 4.72. The maximum absolute atomic E-state index is 12.9. The highest BCUT2D eigenvalue weighted by Crippen LogP contribution is 2.25. The van der Waals surface area contributed by atoms with Gasteiger partial charge in [-0.15, -0.1) is 0 Å². The summed E-state index contributed by atoms with van der Waals surface area (Å²) in [5, 5.41) is 0.704. The van der Waals surface area contributed by atoms with Gasteiger partial charge >= 0.3 is 0 Å². The molecular formula is C18H21ClFNO. The smallest absolute Gasteiger partial charge is 0.123 e. The number of benzene rings is 2. The van der Waals surface area contributed by atoms with E-state index in [1.807, 2.05) is 32.3 Å². The first-order valence-corrected chi connectivity index (χ1v) is 7.65. The van der Waals surface area contributed by atoms with E-state index in [1.54, 1.807) is 12.1 Å². The fourth-order valence-corrected chi connectivity index (χ4v) is 2.29. The normalized spacial score (nSPS) is 12.5. The fourth-order valence-electron chi connectivity index (χ4n) is 2.09. The SMILES string of the molecule is CC(Cc1cc(Cl)ccc1OCc1ccc(F)cc1)N(C)C. The third-order valence-corrected chi connectivity index (χ3v) is 3.96. The molecule has 1 atom stereocenters. The van der Waals surface area contributed by atoms with Gasteiger partial charge in [-0.2, -0.15) is 0 Å². The van der Waals surface area contributed by atoms with Crippen molar-refractivity contribution in [3.63, 3.8) is 0 Å². The fraction of sp³-hybridized carbons (Fsp3) is 0.333. The predicted molar refractivity (Wildman–Crippen MR) is 89.0 cm³/mol. The van der Waals surface area contributed by atoms with Crippen molar-refractivity contribution in [2.45, 2.75) is 26.0 Å². The van der Waals surface area contributed by atoms with Crippen LogP contribution in [0.25, 0.3) is 0 Å². The summed E-state index contributed by atoms with van der Waals surface area (Å²) in [6.07, 6.45) is 0.853. The molecule has 2 aromatic rings. The molecule has 0 amide bonds. The van der Waals surface area contributed by atoms with Crippen molar-refractivity contribution >= 4 is 11.6 Å². The lowest BCUT2D eigenvalue weighted by molar-refractivity contribution is 0.288. The molecule has 0 bridgehead atoms. The number of rotatable bonds is 6.